The minimum absolute atomic E-state index is 0.195. The van der Waals surface area contributed by atoms with Gasteiger partial charge in [-0.05, 0) is 18.6 Å². The van der Waals surface area contributed by atoms with E-state index in [0.29, 0.717) is 24.8 Å². The number of halogens is 1. The Balaban J connectivity index is 1.54. The molecule has 104 valence electrons. The zero-order chi connectivity index (χ0) is 13.3. The van der Waals surface area contributed by atoms with Gasteiger partial charge in [0.25, 0.3) is 0 Å². The molecular weight excluding hydrogens is 249 g/mol. The van der Waals surface area contributed by atoms with Crippen LogP contribution in [0.15, 0.2) is 24.3 Å². The molecule has 2 saturated heterocycles. The summed E-state index contributed by atoms with van der Waals surface area (Å²) in [6, 6.07) is 6.43. The summed E-state index contributed by atoms with van der Waals surface area (Å²) >= 11 is 0. The van der Waals surface area contributed by atoms with Crippen LogP contribution >= 0.6 is 0 Å². The maximum Gasteiger partial charge on any atom is 0.126 e. The van der Waals surface area contributed by atoms with Crippen LogP contribution in [0.5, 0.6) is 5.75 Å². The maximum atomic E-state index is 13.0. The van der Waals surface area contributed by atoms with Gasteiger partial charge in [0.1, 0.15) is 23.8 Å². The molecule has 1 N–H and O–H groups in total. The molecule has 2 aliphatic heterocycles. The summed E-state index contributed by atoms with van der Waals surface area (Å²) in [5, 5.41) is 10.5. The Labute approximate surface area is 111 Å². The van der Waals surface area contributed by atoms with Crippen LogP contribution in [0.2, 0.25) is 0 Å². The number of ether oxygens (including phenoxy) is 2. The molecule has 0 bridgehead atoms. The van der Waals surface area contributed by atoms with E-state index in [1.807, 2.05) is 0 Å². The molecule has 19 heavy (non-hydrogen) atoms. The Morgan fingerprint density at radius 1 is 1.47 bits per heavy atom. The molecule has 2 heterocycles. The van der Waals surface area contributed by atoms with Crippen molar-refractivity contribution in [1.29, 1.82) is 0 Å². The first-order valence-electron chi connectivity index (χ1n) is 6.57. The number of likely N-dealkylation sites (tertiary alicyclic amines) is 1. The lowest BCUT2D eigenvalue weighted by atomic mass is 10.1. The smallest absolute Gasteiger partial charge is 0.126 e. The lowest BCUT2D eigenvalue weighted by Crippen LogP contribution is -2.50. The zero-order valence-electron chi connectivity index (χ0n) is 10.7. The van der Waals surface area contributed by atoms with E-state index >= 15 is 0 Å². The van der Waals surface area contributed by atoms with Crippen molar-refractivity contribution in [2.75, 3.05) is 32.9 Å². The van der Waals surface area contributed by atoms with Gasteiger partial charge < -0.3 is 14.6 Å². The molecule has 0 radical (unpaired) electrons. The van der Waals surface area contributed by atoms with Crippen LogP contribution in [0.25, 0.3) is 0 Å². The summed E-state index contributed by atoms with van der Waals surface area (Å²) in [5.74, 6) is 0.128. The number of rotatable bonds is 4. The van der Waals surface area contributed by atoms with Crippen LogP contribution in [0.3, 0.4) is 0 Å². The Hall–Kier alpha value is -1.17. The average molecular weight is 267 g/mol. The van der Waals surface area contributed by atoms with Gasteiger partial charge in [0, 0.05) is 19.2 Å². The van der Waals surface area contributed by atoms with E-state index in [1.165, 1.54) is 12.1 Å². The minimum Gasteiger partial charge on any atom is -0.490 e. The monoisotopic (exact) mass is 267 g/mol. The SMILES string of the molecule is OC1(COc2cccc(F)c2)CCN(C2COC2)C1. The van der Waals surface area contributed by atoms with Crippen molar-refractivity contribution in [2.45, 2.75) is 18.1 Å². The van der Waals surface area contributed by atoms with E-state index in [0.717, 1.165) is 19.8 Å². The Morgan fingerprint density at radius 2 is 2.32 bits per heavy atom. The van der Waals surface area contributed by atoms with Gasteiger partial charge in [0.2, 0.25) is 0 Å². The van der Waals surface area contributed by atoms with Crippen molar-refractivity contribution < 1.29 is 19.0 Å². The molecule has 1 atom stereocenters. The summed E-state index contributed by atoms with van der Waals surface area (Å²) in [6.45, 7) is 3.15. The second-order valence-corrected chi connectivity index (χ2v) is 5.38. The first kappa shape index (κ1) is 12.8. The van der Waals surface area contributed by atoms with E-state index in [1.54, 1.807) is 12.1 Å². The van der Waals surface area contributed by atoms with Gasteiger partial charge in [0.15, 0.2) is 0 Å². The highest BCUT2D eigenvalue weighted by Gasteiger charge is 2.41. The number of hydrogen-bond donors (Lipinski definition) is 1. The summed E-state index contributed by atoms with van der Waals surface area (Å²) in [6.07, 6.45) is 0.679. The van der Waals surface area contributed by atoms with Crippen LogP contribution in [0.4, 0.5) is 4.39 Å². The number of hydrogen-bond acceptors (Lipinski definition) is 4. The number of β-amino-alcohol motifs (C(OH)–C–C–N with tert-alkyl or cyclic N) is 1. The Morgan fingerprint density at radius 3 is 3.00 bits per heavy atom. The number of aliphatic hydroxyl groups is 1. The van der Waals surface area contributed by atoms with Gasteiger partial charge in [-0.15, -0.1) is 0 Å². The molecule has 0 aromatic heterocycles. The third-order valence-electron chi connectivity index (χ3n) is 3.80. The van der Waals surface area contributed by atoms with Crippen molar-refractivity contribution in [1.82, 2.24) is 4.90 Å². The quantitative estimate of drug-likeness (QED) is 0.885. The highest BCUT2D eigenvalue weighted by Crippen LogP contribution is 2.26. The minimum atomic E-state index is -0.845. The molecule has 2 aliphatic rings. The Kier molecular flexibility index (Phi) is 3.43. The molecular formula is C14H18FNO3. The molecule has 0 aliphatic carbocycles. The summed E-state index contributed by atoms with van der Waals surface area (Å²) in [5.41, 5.74) is -0.845. The van der Waals surface area contributed by atoms with Gasteiger partial charge in [-0.3, -0.25) is 4.90 Å². The highest BCUT2D eigenvalue weighted by molar-refractivity contribution is 5.22. The maximum absolute atomic E-state index is 13.0. The van der Waals surface area contributed by atoms with E-state index in [4.69, 9.17) is 9.47 Å². The largest absolute Gasteiger partial charge is 0.490 e. The topological polar surface area (TPSA) is 41.9 Å². The predicted octanol–water partition coefficient (Wildman–Crippen LogP) is 1.04. The summed E-state index contributed by atoms with van der Waals surface area (Å²) < 4.78 is 23.7. The van der Waals surface area contributed by atoms with E-state index in [9.17, 15) is 9.50 Å². The fourth-order valence-corrected chi connectivity index (χ4v) is 2.53. The van der Waals surface area contributed by atoms with Crippen LogP contribution in [-0.4, -0.2) is 54.6 Å². The molecule has 1 unspecified atom stereocenters. The zero-order valence-corrected chi connectivity index (χ0v) is 10.7. The fourth-order valence-electron chi connectivity index (χ4n) is 2.53. The van der Waals surface area contributed by atoms with Gasteiger partial charge >= 0.3 is 0 Å². The van der Waals surface area contributed by atoms with Gasteiger partial charge in [-0.25, -0.2) is 4.39 Å². The third-order valence-corrected chi connectivity index (χ3v) is 3.80. The van der Waals surface area contributed by atoms with Crippen molar-refractivity contribution in [3.63, 3.8) is 0 Å². The molecule has 5 heteroatoms. The highest BCUT2D eigenvalue weighted by atomic mass is 19.1. The average Bonchev–Trinajstić information content (AvgIpc) is 2.68. The van der Waals surface area contributed by atoms with Gasteiger partial charge in [0.05, 0.1) is 19.3 Å². The normalized spacial score (nSPS) is 28.3. The molecule has 0 spiro atoms. The fraction of sp³-hybridized carbons (Fsp3) is 0.571. The molecule has 0 amide bonds. The van der Waals surface area contributed by atoms with E-state index in [2.05, 4.69) is 4.90 Å². The second kappa shape index (κ2) is 5.07. The molecule has 0 saturated carbocycles. The van der Waals surface area contributed by atoms with Crippen molar-refractivity contribution in [3.8, 4) is 5.75 Å². The summed E-state index contributed by atoms with van der Waals surface area (Å²) in [4.78, 5) is 2.23. The summed E-state index contributed by atoms with van der Waals surface area (Å²) in [7, 11) is 0. The van der Waals surface area contributed by atoms with Crippen molar-refractivity contribution in [3.05, 3.63) is 30.1 Å². The number of nitrogens with zero attached hydrogens (tertiary/aromatic N) is 1. The molecule has 3 rings (SSSR count). The van der Waals surface area contributed by atoms with Crippen LogP contribution in [0.1, 0.15) is 6.42 Å². The van der Waals surface area contributed by atoms with Crippen molar-refractivity contribution in [2.24, 2.45) is 0 Å². The molecule has 1 aromatic rings. The Bertz CT molecular complexity index is 452. The van der Waals surface area contributed by atoms with Crippen LogP contribution in [0, 0.1) is 5.82 Å². The van der Waals surface area contributed by atoms with Crippen LogP contribution in [-0.2, 0) is 4.74 Å². The molecule has 1 aromatic carbocycles. The van der Waals surface area contributed by atoms with Gasteiger partial charge in [-0.2, -0.15) is 0 Å². The lowest BCUT2D eigenvalue weighted by Gasteiger charge is -2.35. The molecule has 2 fully saturated rings. The second-order valence-electron chi connectivity index (χ2n) is 5.38. The first-order valence-corrected chi connectivity index (χ1v) is 6.57. The van der Waals surface area contributed by atoms with E-state index in [-0.39, 0.29) is 12.4 Å². The van der Waals surface area contributed by atoms with Crippen molar-refractivity contribution >= 4 is 0 Å². The standard InChI is InChI=1S/C14H18FNO3/c15-11-2-1-3-13(6-11)19-10-14(17)4-5-16(9-14)12-7-18-8-12/h1-3,6,12,17H,4-5,7-10H2. The predicted molar refractivity (Wildman–Crippen MR) is 67.6 cm³/mol. The third kappa shape index (κ3) is 2.88. The number of benzene rings is 1. The molecule has 4 nitrogen and oxygen atoms in total. The lowest BCUT2D eigenvalue weighted by molar-refractivity contribution is -0.0698. The van der Waals surface area contributed by atoms with Gasteiger partial charge in [-0.1, -0.05) is 6.07 Å². The van der Waals surface area contributed by atoms with Crippen LogP contribution < -0.4 is 4.74 Å². The first-order chi connectivity index (χ1) is 9.15. The van der Waals surface area contributed by atoms with E-state index < -0.39 is 5.60 Å².